The highest BCUT2D eigenvalue weighted by Crippen LogP contribution is 2.50. The third-order valence-corrected chi connectivity index (χ3v) is 3.72. The molecule has 1 nitrogen and oxygen atoms in total. The smallest absolute Gasteiger partial charge is 0.0448 e. The summed E-state index contributed by atoms with van der Waals surface area (Å²) in [6, 6.07) is 8.50. The van der Waals surface area contributed by atoms with E-state index in [1.165, 1.54) is 11.3 Å². The van der Waals surface area contributed by atoms with E-state index in [-0.39, 0.29) is 5.41 Å². The second-order valence-electron chi connectivity index (χ2n) is 4.59. The molecule has 0 aliphatic carbocycles. The van der Waals surface area contributed by atoms with Crippen LogP contribution in [0, 0.1) is 0 Å². The standard InChI is InChI=1S/C16H19N/c1-5-11-16(12-6-2)13(3)17(4)15-10-8-7-9-14(15)16/h5-10H,1-3,11-12H2,4H3. The summed E-state index contributed by atoms with van der Waals surface area (Å²) in [5.74, 6) is 0. The Morgan fingerprint density at radius 1 is 1.18 bits per heavy atom. The van der Waals surface area contributed by atoms with Crippen molar-refractivity contribution in [2.24, 2.45) is 0 Å². The molecule has 17 heavy (non-hydrogen) atoms. The SMILES string of the molecule is C=CCC1(CC=C)C(=C)N(C)c2ccccc21. The predicted molar refractivity (Wildman–Crippen MR) is 75.3 cm³/mol. The highest BCUT2D eigenvalue weighted by Gasteiger charge is 2.42. The Balaban J connectivity index is 2.62. The number of fused-ring (bicyclic) bond motifs is 1. The second-order valence-corrected chi connectivity index (χ2v) is 4.59. The average Bonchev–Trinajstić information content (AvgIpc) is 2.55. The van der Waals surface area contributed by atoms with Crippen molar-refractivity contribution < 1.29 is 0 Å². The minimum Gasteiger partial charge on any atom is -0.348 e. The van der Waals surface area contributed by atoms with Crippen molar-refractivity contribution in [2.45, 2.75) is 18.3 Å². The highest BCUT2D eigenvalue weighted by molar-refractivity contribution is 5.70. The summed E-state index contributed by atoms with van der Waals surface area (Å²) in [6.07, 6.45) is 5.76. The van der Waals surface area contributed by atoms with Crippen LogP contribution in [-0.4, -0.2) is 7.05 Å². The zero-order valence-electron chi connectivity index (χ0n) is 10.4. The van der Waals surface area contributed by atoms with Crippen LogP contribution in [0.15, 0.2) is 61.9 Å². The van der Waals surface area contributed by atoms with Crippen molar-refractivity contribution in [1.29, 1.82) is 0 Å². The van der Waals surface area contributed by atoms with Gasteiger partial charge < -0.3 is 4.90 Å². The molecule has 0 radical (unpaired) electrons. The molecule has 1 aromatic rings. The van der Waals surface area contributed by atoms with Gasteiger partial charge in [-0.15, -0.1) is 13.2 Å². The van der Waals surface area contributed by atoms with Crippen molar-refractivity contribution in [2.75, 3.05) is 11.9 Å². The van der Waals surface area contributed by atoms with E-state index in [9.17, 15) is 0 Å². The average molecular weight is 225 g/mol. The summed E-state index contributed by atoms with van der Waals surface area (Å²) in [5.41, 5.74) is 3.68. The lowest BCUT2D eigenvalue weighted by molar-refractivity contribution is 0.531. The lowest BCUT2D eigenvalue weighted by Gasteiger charge is -2.30. The first-order chi connectivity index (χ1) is 8.17. The van der Waals surface area contributed by atoms with Crippen LogP contribution < -0.4 is 4.90 Å². The lowest BCUT2D eigenvalue weighted by atomic mass is 9.74. The summed E-state index contributed by atoms with van der Waals surface area (Å²) >= 11 is 0. The summed E-state index contributed by atoms with van der Waals surface area (Å²) in [5, 5.41) is 0. The normalized spacial score (nSPS) is 16.8. The molecule has 88 valence electrons. The van der Waals surface area contributed by atoms with Crippen molar-refractivity contribution in [3.05, 3.63) is 67.4 Å². The maximum Gasteiger partial charge on any atom is 0.0448 e. The van der Waals surface area contributed by atoms with Gasteiger partial charge in [-0.25, -0.2) is 0 Å². The fourth-order valence-electron chi connectivity index (χ4n) is 2.82. The van der Waals surface area contributed by atoms with Crippen LogP contribution in [0.2, 0.25) is 0 Å². The molecule has 0 spiro atoms. The largest absolute Gasteiger partial charge is 0.348 e. The van der Waals surface area contributed by atoms with Gasteiger partial charge in [-0.2, -0.15) is 0 Å². The van der Waals surface area contributed by atoms with E-state index in [0.717, 1.165) is 18.5 Å². The predicted octanol–water partition coefficient (Wildman–Crippen LogP) is 4.04. The third kappa shape index (κ3) is 1.54. The van der Waals surface area contributed by atoms with Crippen LogP contribution in [0.25, 0.3) is 0 Å². The molecule has 0 unspecified atom stereocenters. The molecular formula is C16H19N. The molecule has 0 bridgehead atoms. The third-order valence-electron chi connectivity index (χ3n) is 3.72. The van der Waals surface area contributed by atoms with Gasteiger partial charge in [0.05, 0.1) is 0 Å². The number of nitrogens with zero attached hydrogens (tertiary/aromatic N) is 1. The van der Waals surface area contributed by atoms with Gasteiger partial charge >= 0.3 is 0 Å². The van der Waals surface area contributed by atoms with Crippen LogP contribution in [-0.2, 0) is 5.41 Å². The van der Waals surface area contributed by atoms with E-state index in [4.69, 9.17) is 0 Å². The molecule has 1 aromatic carbocycles. The summed E-state index contributed by atoms with van der Waals surface area (Å²) in [7, 11) is 2.08. The first-order valence-corrected chi connectivity index (χ1v) is 5.92. The van der Waals surface area contributed by atoms with E-state index >= 15 is 0 Å². The second kappa shape index (κ2) is 4.25. The fourth-order valence-corrected chi connectivity index (χ4v) is 2.82. The summed E-state index contributed by atoms with van der Waals surface area (Å²) in [4.78, 5) is 2.18. The van der Waals surface area contributed by atoms with Crippen LogP contribution in [0.4, 0.5) is 5.69 Å². The molecule has 0 aromatic heterocycles. The minimum atomic E-state index is -0.0468. The Morgan fingerprint density at radius 3 is 2.35 bits per heavy atom. The van der Waals surface area contributed by atoms with E-state index in [0.29, 0.717) is 0 Å². The molecule has 0 amide bonds. The molecule has 0 atom stereocenters. The number of benzene rings is 1. The highest BCUT2D eigenvalue weighted by atomic mass is 15.2. The van der Waals surface area contributed by atoms with Gasteiger partial charge in [0.2, 0.25) is 0 Å². The van der Waals surface area contributed by atoms with Crippen molar-refractivity contribution in [3.8, 4) is 0 Å². The molecule has 1 aliphatic rings. The van der Waals surface area contributed by atoms with Gasteiger partial charge in [-0.1, -0.05) is 36.9 Å². The van der Waals surface area contributed by atoms with Crippen molar-refractivity contribution >= 4 is 5.69 Å². The van der Waals surface area contributed by atoms with E-state index in [2.05, 4.69) is 55.9 Å². The number of allylic oxidation sites excluding steroid dienone is 3. The molecule has 2 rings (SSSR count). The van der Waals surface area contributed by atoms with E-state index < -0.39 is 0 Å². The minimum absolute atomic E-state index is 0.0468. The number of hydrogen-bond acceptors (Lipinski definition) is 1. The maximum absolute atomic E-state index is 4.27. The first-order valence-electron chi connectivity index (χ1n) is 5.92. The molecule has 1 heterocycles. The molecule has 1 heteroatoms. The molecule has 0 N–H and O–H groups in total. The number of para-hydroxylation sites is 1. The monoisotopic (exact) mass is 225 g/mol. The lowest BCUT2D eigenvalue weighted by Crippen LogP contribution is -2.27. The molecule has 1 aliphatic heterocycles. The van der Waals surface area contributed by atoms with Crippen molar-refractivity contribution in [1.82, 2.24) is 0 Å². The summed E-state index contributed by atoms with van der Waals surface area (Å²) < 4.78 is 0. The van der Waals surface area contributed by atoms with Crippen LogP contribution in [0.5, 0.6) is 0 Å². The Bertz CT molecular complexity index is 460. The number of rotatable bonds is 4. The van der Waals surface area contributed by atoms with Gasteiger partial charge in [0.1, 0.15) is 0 Å². The number of hydrogen-bond donors (Lipinski definition) is 0. The van der Waals surface area contributed by atoms with E-state index in [1.807, 2.05) is 12.2 Å². The van der Waals surface area contributed by atoms with Gasteiger partial charge in [0.25, 0.3) is 0 Å². The van der Waals surface area contributed by atoms with Crippen LogP contribution in [0.1, 0.15) is 18.4 Å². The van der Waals surface area contributed by atoms with Gasteiger partial charge in [-0.3, -0.25) is 0 Å². The topological polar surface area (TPSA) is 3.24 Å². The van der Waals surface area contributed by atoms with Crippen molar-refractivity contribution in [3.63, 3.8) is 0 Å². The zero-order chi connectivity index (χ0) is 12.5. The van der Waals surface area contributed by atoms with E-state index in [1.54, 1.807) is 0 Å². The Labute approximate surface area is 104 Å². The van der Waals surface area contributed by atoms with Gasteiger partial charge in [0.15, 0.2) is 0 Å². The quantitative estimate of drug-likeness (QED) is 0.699. The Morgan fingerprint density at radius 2 is 1.76 bits per heavy atom. The number of anilines is 1. The zero-order valence-corrected chi connectivity index (χ0v) is 10.4. The maximum atomic E-state index is 4.27. The molecule has 0 saturated heterocycles. The molecular weight excluding hydrogens is 206 g/mol. The first kappa shape index (κ1) is 11.7. The molecule has 0 saturated carbocycles. The fraction of sp³-hybridized carbons (Fsp3) is 0.250. The van der Waals surface area contributed by atoms with Crippen LogP contribution in [0.3, 0.4) is 0 Å². The molecule has 0 fully saturated rings. The Kier molecular flexibility index (Phi) is 2.93. The van der Waals surface area contributed by atoms with Gasteiger partial charge in [-0.05, 0) is 24.5 Å². The van der Waals surface area contributed by atoms with Gasteiger partial charge in [0, 0.05) is 23.8 Å². The number of likely N-dealkylation sites (N-methyl/N-ethyl adjacent to an activating group) is 1. The summed E-state index contributed by atoms with van der Waals surface area (Å²) in [6.45, 7) is 12.1. The van der Waals surface area contributed by atoms with Crippen LogP contribution >= 0.6 is 0 Å². The Hall–Kier alpha value is -1.76.